The lowest BCUT2D eigenvalue weighted by atomic mass is 10.2. The molecule has 0 aliphatic carbocycles. The lowest BCUT2D eigenvalue weighted by molar-refractivity contribution is -0.116. The Hall–Kier alpha value is -2.96. The van der Waals surface area contributed by atoms with Crippen LogP contribution in [0.3, 0.4) is 0 Å². The number of nitrogens with zero attached hydrogens (tertiary/aromatic N) is 3. The molecule has 0 unspecified atom stereocenters. The molecule has 22 heavy (non-hydrogen) atoms. The van der Waals surface area contributed by atoms with Gasteiger partial charge in [0.05, 0.1) is 20.8 Å². The van der Waals surface area contributed by atoms with Crippen LogP contribution in [0.2, 0.25) is 0 Å². The Bertz CT molecular complexity index is 637. The number of hydrogen-bond donors (Lipinski definition) is 1. The lowest BCUT2D eigenvalue weighted by Gasteiger charge is -2.05. The van der Waals surface area contributed by atoms with Gasteiger partial charge in [-0.25, -0.2) is 0 Å². The van der Waals surface area contributed by atoms with Gasteiger partial charge in [0, 0.05) is 6.08 Å². The second-order valence-electron chi connectivity index (χ2n) is 4.19. The van der Waals surface area contributed by atoms with Gasteiger partial charge in [-0.15, -0.1) is 4.98 Å². The highest BCUT2D eigenvalue weighted by Crippen LogP contribution is 2.08. The zero-order chi connectivity index (χ0) is 15.8. The maximum absolute atomic E-state index is 11.8. The molecule has 0 radical (unpaired) electrons. The van der Waals surface area contributed by atoms with Gasteiger partial charge in [-0.3, -0.25) is 4.79 Å². The summed E-state index contributed by atoms with van der Waals surface area (Å²) in [5, 5.41) is 2.68. The SMILES string of the molecule is COc1nc(CNC(=O)/C=C/c2ccccc2)nc(OC)n1. The molecular formula is C15H16N4O3. The van der Waals surface area contributed by atoms with Crippen LogP contribution in [0, 0.1) is 0 Å². The third-order valence-electron chi connectivity index (χ3n) is 2.65. The highest BCUT2D eigenvalue weighted by atomic mass is 16.5. The van der Waals surface area contributed by atoms with E-state index in [0.717, 1.165) is 5.56 Å². The molecule has 0 saturated carbocycles. The van der Waals surface area contributed by atoms with E-state index in [1.165, 1.54) is 20.3 Å². The van der Waals surface area contributed by atoms with Crippen molar-refractivity contribution < 1.29 is 14.3 Å². The summed E-state index contributed by atoms with van der Waals surface area (Å²) in [6.07, 6.45) is 3.18. The first-order valence-corrected chi connectivity index (χ1v) is 6.55. The van der Waals surface area contributed by atoms with Gasteiger partial charge >= 0.3 is 12.0 Å². The molecule has 0 fully saturated rings. The number of hydrogen-bond acceptors (Lipinski definition) is 6. The van der Waals surface area contributed by atoms with E-state index in [4.69, 9.17) is 9.47 Å². The first-order valence-electron chi connectivity index (χ1n) is 6.55. The van der Waals surface area contributed by atoms with Gasteiger partial charge in [-0.05, 0) is 11.6 Å². The van der Waals surface area contributed by atoms with E-state index in [0.29, 0.717) is 5.82 Å². The fourth-order valence-electron chi connectivity index (χ4n) is 1.60. The van der Waals surface area contributed by atoms with E-state index >= 15 is 0 Å². The summed E-state index contributed by atoms with van der Waals surface area (Å²) in [5.74, 6) is 0.104. The van der Waals surface area contributed by atoms with Gasteiger partial charge in [0.2, 0.25) is 5.91 Å². The van der Waals surface area contributed by atoms with E-state index in [2.05, 4.69) is 20.3 Å². The number of aromatic nitrogens is 3. The van der Waals surface area contributed by atoms with Crippen molar-refractivity contribution in [1.29, 1.82) is 0 Å². The van der Waals surface area contributed by atoms with Crippen molar-refractivity contribution >= 4 is 12.0 Å². The molecule has 0 atom stereocenters. The molecule has 1 heterocycles. The standard InChI is InChI=1S/C15H16N4O3/c1-21-14-17-12(18-15(19-14)22-2)10-16-13(20)9-8-11-6-4-3-5-7-11/h3-9H,10H2,1-2H3,(H,16,20)/b9-8+. The van der Waals surface area contributed by atoms with Crippen molar-refractivity contribution in [2.45, 2.75) is 6.54 Å². The van der Waals surface area contributed by atoms with Crippen LogP contribution in [0.5, 0.6) is 12.0 Å². The quantitative estimate of drug-likeness (QED) is 0.807. The van der Waals surface area contributed by atoms with Crippen LogP contribution in [0.4, 0.5) is 0 Å². The number of nitrogens with one attached hydrogen (secondary N) is 1. The van der Waals surface area contributed by atoms with E-state index < -0.39 is 0 Å². The molecule has 0 spiro atoms. The number of ether oxygens (including phenoxy) is 2. The molecule has 7 nitrogen and oxygen atoms in total. The maximum atomic E-state index is 11.8. The topological polar surface area (TPSA) is 86.2 Å². The summed E-state index contributed by atoms with van der Waals surface area (Å²) in [5.41, 5.74) is 0.946. The zero-order valence-electron chi connectivity index (χ0n) is 12.3. The second kappa shape index (κ2) is 7.72. The van der Waals surface area contributed by atoms with Crippen molar-refractivity contribution in [3.63, 3.8) is 0 Å². The molecular weight excluding hydrogens is 284 g/mol. The fourth-order valence-corrected chi connectivity index (χ4v) is 1.60. The molecule has 1 aromatic heterocycles. The Labute approximate surface area is 128 Å². The monoisotopic (exact) mass is 300 g/mol. The highest BCUT2D eigenvalue weighted by Gasteiger charge is 2.07. The molecule has 0 bridgehead atoms. The summed E-state index contributed by atoms with van der Waals surface area (Å²) >= 11 is 0. The van der Waals surface area contributed by atoms with Gasteiger partial charge in [0.15, 0.2) is 5.82 Å². The Morgan fingerprint density at radius 3 is 2.32 bits per heavy atom. The number of carbonyl (C=O) groups is 1. The molecule has 2 aromatic rings. The minimum atomic E-state index is -0.248. The normalized spacial score (nSPS) is 10.5. The van der Waals surface area contributed by atoms with Gasteiger partial charge in [-0.2, -0.15) is 9.97 Å². The molecule has 0 aliphatic rings. The Morgan fingerprint density at radius 1 is 1.09 bits per heavy atom. The van der Waals surface area contributed by atoms with Crippen molar-refractivity contribution in [2.75, 3.05) is 14.2 Å². The number of rotatable bonds is 6. The third-order valence-corrected chi connectivity index (χ3v) is 2.65. The highest BCUT2D eigenvalue weighted by molar-refractivity contribution is 5.91. The minimum absolute atomic E-state index is 0.135. The molecule has 0 saturated heterocycles. The van der Waals surface area contributed by atoms with Crippen LogP contribution in [0.15, 0.2) is 36.4 Å². The van der Waals surface area contributed by atoms with Gasteiger partial charge in [0.25, 0.3) is 0 Å². The average Bonchev–Trinajstić information content (AvgIpc) is 2.58. The summed E-state index contributed by atoms with van der Waals surface area (Å²) in [7, 11) is 2.89. The zero-order valence-corrected chi connectivity index (χ0v) is 12.3. The molecule has 7 heteroatoms. The Kier molecular flexibility index (Phi) is 5.42. The van der Waals surface area contributed by atoms with Crippen LogP contribution < -0.4 is 14.8 Å². The van der Waals surface area contributed by atoms with E-state index in [1.54, 1.807) is 6.08 Å². The average molecular weight is 300 g/mol. The number of benzene rings is 1. The Balaban J connectivity index is 1.95. The van der Waals surface area contributed by atoms with Crippen molar-refractivity contribution in [1.82, 2.24) is 20.3 Å². The largest absolute Gasteiger partial charge is 0.467 e. The molecule has 2 rings (SSSR count). The van der Waals surface area contributed by atoms with Crippen LogP contribution in [-0.2, 0) is 11.3 Å². The molecule has 114 valence electrons. The third kappa shape index (κ3) is 4.55. The fraction of sp³-hybridized carbons (Fsp3) is 0.200. The minimum Gasteiger partial charge on any atom is -0.467 e. The summed E-state index contributed by atoms with van der Waals surface area (Å²) in [6.45, 7) is 0.146. The van der Waals surface area contributed by atoms with Crippen LogP contribution in [0.1, 0.15) is 11.4 Å². The summed E-state index contributed by atoms with van der Waals surface area (Å²) < 4.78 is 9.88. The van der Waals surface area contributed by atoms with Gasteiger partial charge in [-0.1, -0.05) is 30.3 Å². The molecule has 0 aliphatic heterocycles. The van der Waals surface area contributed by atoms with Crippen LogP contribution >= 0.6 is 0 Å². The number of amides is 1. The van der Waals surface area contributed by atoms with Crippen LogP contribution in [0.25, 0.3) is 6.08 Å². The van der Waals surface area contributed by atoms with E-state index in [-0.39, 0.29) is 24.5 Å². The molecule has 1 N–H and O–H groups in total. The predicted octanol–water partition coefficient (Wildman–Crippen LogP) is 1.22. The molecule has 1 amide bonds. The first kappa shape index (κ1) is 15.4. The number of methoxy groups -OCH3 is 2. The summed E-state index contributed by atoms with van der Waals surface area (Å²) in [4.78, 5) is 23.7. The van der Waals surface area contributed by atoms with Crippen molar-refractivity contribution in [3.8, 4) is 12.0 Å². The Morgan fingerprint density at radius 2 is 1.73 bits per heavy atom. The van der Waals surface area contributed by atoms with Gasteiger partial charge in [0.1, 0.15) is 0 Å². The predicted molar refractivity (Wildman–Crippen MR) is 80.3 cm³/mol. The summed E-state index contributed by atoms with van der Waals surface area (Å²) in [6, 6.07) is 9.81. The molecule has 1 aromatic carbocycles. The van der Waals surface area contributed by atoms with Gasteiger partial charge < -0.3 is 14.8 Å². The smallest absolute Gasteiger partial charge is 0.322 e. The lowest BCUT2D eigenvalue weighted by Crippen LogP contribution is -2.22. The first-order chi connectivity index (χ1) is 10.7. The van der Waals surface area contributed by atoms with E-state index in [1.807, 2.05) is 30.3 Å². The second-order valence-corrected chi connectivity index (χ2v) is 4.19. The van der Waals surface area contributed by atoms with Crippen molar-refractivity contribution in [2.24, 2.45) is 0 Å². The van der Waals surface area contributed by atoms with Crippen LogP contribution in [-0.4, -0.2) is 35.1 Å². The van der Waals surface area contributed by atoms with E-state index in [9.17, 15) is 4.79 Å². The van der Waals surface area contributed by atoms with Crippen molar-refractivity contribution in [3.05, 3.63) is 47.8 Å². The maximum Gasteiger partial charge on any atom is 0.322 e. The number of carbonyl (C=O) groups excluding carboxylic acids is 1.